The number of nitrogens with zero attached hydrogens (tertiary/aromatic N) is 1. The topological polar surface area (TPSA) is 81.6 Å². The minimum Gasteiger partial charge on any atom is -0.456 e. The fourth-order valence-corrected chi connectivity index (χ4v) is 1.78. The summed E-state index contributed by atoms with van der Waals surface area (Å²) in [5.74, 6) is 0.418. The van der Waals surface area contributed by atoms with Crippen LogP contribution in [0.25, 0.3) is 0 Å². The van der Waals surface area contributed by atoms with Gasteiger partial charge in [0.25, 0.3) is 5.91 Å². The second kappa shape index (κ2) is 5.52. The summed E-state index contributed by atoms with van der Waals surface area (Å²) in [7, 11) is 3.88. The maximum absolute atomic E-state index is 11.4. The highest BCUT2D eigenvalue weighted by Crippen LogP contribution is 2.29. The lowest BCUT2D eigenvalue weighted by Crippen LogP contribution is -2.12. The molecular weight excluding hydrogens is 254 g/mol. The molecule has 4 N–H and O–H groups in total. The number of hydrogen-bond donors (Lipinski definition) is 2. The Morgan fingerprint density at radius 2 is 1.90 bits per heavy atom. The third kappa shape index (κ3) is 3.00. The van der Waals surface area contributed by atoms with Gasteiger partial charge >= 0.3 is 0 Å². The maximum atomic E-state index is 11.4. The van der Waals surface area contributed by atoms with Gasteiger partial charge in [0.05, 0.1) is 5.56 Å². The lowest BCUT2D eigenvalue weighted by molar-refractivity contribution is 0.0998. The van der Waals surface area contributed by atoms with E-state index in [4.69, 9.17) is 16.2 Å². The third-order valence-electron chi connectivity index (χ3n) is 2.83. The highest BCUT2D eigenvalue weighted by atomic mass is 16.5. The molecule has 0 saturated carbocycles. The zero-order chi connectivity index (χ0) is 14.7. The highest BCUT2D eigenvalue weighted by molar-refractivity contribution is 5.96. The van der Waals surface area contributed by atoms with Gasteiger partial charge in [0.1, 0.15) is 11.5 Å². The van der Waals surface area contributed by atoms with Gasteiger partial charge in [-0.05, 0) is 24.3 Å². The van der Waals surface area contributed by atoms with Crippen LogP contribution in [-0.4, -0.2) is 20.0 Å². The summed E-state index contributed by atoms with van der Waals surface area (Å²) in [4.78, 5) is 13.4. The molecule has 104 valence electrons. The first-order valence-electron chi connectivity index (χ1n) is 6.12. The van der Waals surface area contributed by atoms with Crippen LogP contribution >= 0.6 is 0 Å². The van der Waals surface area contributed by atoms with Gasteiger partial charge in [-0.1, -0.05) is 6.07 Å². The van der Waals surface area contributed by atoms with Crippen LogP contribution in [0.4, 0.5) is 11.4 Å². The molecule has 5 heteroatoms. The van der Waals surface area contributed by atoms with Gasteiger partial charge in [0, 0.05) is 37.6 Å². The number of anilines is 2. The summed E-state index contributed by atoms with van der Waals surface area (Å²) in [5, 5.41) is 0. The minimum atomic E-state index is -0.552. The molecule has 5 nitrogen and oxygen atoms in total. The van der Waals surface area contributed by atoms with Crippen molar-refractivity contribution in [2.45, 2.75) is 0 Å². The summed E-state index contributed by atoms with van der Waals surface area (Å²) in [5.41, 5.74) is 12.8. The number of carbonyl (C=O) groups is 1. The van der Waals surface area contributed by atoms with E-state index in [9.17, 15) is 4.79 Å². The van der Waals surface area contributed by atoms with Gasteiger partial charge in [-0.25, -0.2) is 0 Å². The average molecular weight is 271 g/mol. The first-order chi connectivity index (χ1) is 9.47. The van der Waals surface area contributed by atoms with E-state index < -0.39 is 5.91 Å². The van der Waals surface area contributed by atoms with E-state index in [1.807, 2.05) is 37.2 Å². The van der Waals surface area contributed by atoms with Gasteiger partial charge in [-0.15, -0.1) is 0 Å². The number of ether oxygens (including phenoxy) is 1. The zero-order valence-corrected chi connectivity index (χ0v) is 11.5. The van der Waals surface area contributed by atoms with Crippen LogP contribution in [0.2, 0.25) is 0 Å². The van der Waals surface area contributed by atoms with Crippen molar-refractivity contribution >= 4 is 17.3 Å². The van der Waals surface area contributed by atoms with E-state index >= 15 is 0 Å². The molecular formula is C15H17N3O2. The molecule has 2 aromatic rings. The number of rotatable bonds is 4. The van der Waals surface area contributed by atoms with Crippen molar-refractivity contribution in [2.24, 2.45) is 5.73 Å². The largest absolute Gasteiger partial charge is 0.456 e. The summed E-state index contributed by atoms with van der Waals surface area (Å²) >= 11 is 0. The van der Waals surface area contributed by atoms with Crippen molar-refractivity contribution in [3.63, 3.8) is 0 Å². The second-order valence-corrected chi connectivity index (χ2v) is 4.61. The zero-order valence-electron chi connectivity index (χ0n) is 11.5. The molecule has 0 atom stereocenters. The van der Waals surface area contributed by atoms with E-state index in [0.717, 1.165) is 5.69 Å². The van der Waals surface area contributed by atoms with Crippen LogP contribution < -0.4 is 21.1 Å². The van der Waals surface area contributed by atoms with Crippen molar-refractivity contribution in [1.29, 1.82) is 0 Å². The van der Waals surface area contributed by atoms with E-state index in [0.29, 0.717) is 22.7 Å². The minimum absolute atomic E-state index is 0.300. The fraction of sp³-hybridized carbons (Fsp3) is 0.133. The van der Waals surface area contributed by atoms with Gasteiger partial charge in [0.15, 0.2) is 0 Å². The molecule has 0 bridgehead atoms. The lowest BCUT2D eigenvalue weighted by atomic mass is 10.1. The van der Waals surface area contributed by atoms with Crippen LogP contribution in [0, 0.1) is 0 Å². The molecule has 1 amide bonds. The Morgan fingerprint density at radius 1 is 1.15 bits per heavy atom. The van der Waals surface area contributed by atoms with Crippen LogP contribution in [0.1, 0.15) is 10.4 Å². The molecule has 0 saturated heterocycles. The number of benzene rings is 2. The van der Waals surface area contributed by atoms with Gasteiger partial charge in [-0.2, -0.15) is 0 Å². The molecule has 2 aromatic carbocycles. The molecule has 0 aliphatic carbocycles. The van der Waals surface area contributed by atoms with E-state index in [2.05, 4.69) is 0 Å². The molecule has 20 heavy (non-hydrogen) atoms. The normalized spacial score (nSPS) is 10.1. The molecule has 0 spiro atoms. The van der Waals surface area contributed by atoms with E-state index in [-0.39, 0.29) is 0 Å². The molecule has 0 radical (unpaired) electrons. The smallest absolute Gasteiger partial charge is 0.252 e. The molecule has 0 heterocycles. The van der Waals surface area contributed by atoms with E-state index in [1.54, 1.807) is 24.3 Å². The Balaban J connectivity index is 2.36. The maximum Gasteiger partial charge on any atom is 0.252 e. The van der Waals surface area contributed by atoms with Crippen molar-refractivity contribution in [3.8, 4) is 11.5 Å². The molecule has 2 rings (SSSR count). The van der Waals surface area contributed by atoms with E-state index in [1.165, 1.54) is 0 Å². The van der Waals surface area contributed by atoms with Crippen molar-refractivity contribution in [3.05, 3.63) is 48.0 Å². The molecule has 0 fully saturated rings. The highest BCUT2D eigenvalue weighted by Gasteiger charge is 2.11. The second-order valence-electron chi connectivity index (χ2n) is 4.61. The lowest BCUT2D eigenvalue weighted by Gasteiger charge is -2.15. The third-order valence-corrected chi connectivity index (χ3v) is 2.83. The first-order valence-corrected chi connectivity index (χ1v) is 6.12. The van der Waals surface area contributed by atoms with Crippen molar-refractivity contribution in [2.75, 3.05) is 24.7 Å². The fourth-order valence-electron chi connectivity index (χ4n) is 1.78. The van der Waals surface area contributed by atoms with Gasteiger partial charge < -0.3 is 21.1 Å². The Morgan fingerprint density at radius 3 is 2.55 bits per heavy atom. The summed E-state index contributed by atoms with van der Waals surface area (Å²) in [6, 6.07) is 12.3. The van der Waals surface area contributed by atoms with Gasteiger partial charge in [0.2, 0.25) is 0 Å². The number of carbonyl (C=O) groups excluding carboxylic acids is 1. The molecule has 0 unspecified atom stereocenters. The predicted octanol–water partition coefficient (Wildman–Crippen LogP) is 2.23. The van der Waals surface area contributed by atoms with Crippen LogP contribution in [0.5, 0.6) is 11.5 Å². The SMILES string of the molecule is CN(C)c1cccc(Oc2cc(N)ccc2C(N)=O)c1. The summed E-state index contributed by atoms with van der Waals surface area (Å²) in [6.45, 7) is 0. The Kier molecular flexibility index (Phi) is 3.79. The molecule has 0 aliphatic heterocycles. The Labute approximate surface area is 117 Å². The van der Waals surface area contributed by atoms with Crippen LogP contribution in [0.3, 0.4) is 0 Å². The van der Waals surface area contributed by atoms with Crippen molar-refractivity contribution in [1.82, 2.24) is 0 Å². The molecule has 0 aromatic heterocycles. The summed E-state index contributed by atoms with van der Waals surface area (Å²) in [6.07, 6.45) is 0. The van der Waals surface area contributed by atoms with Crippen LogP contribution in [0.15, 0.2) is 42.5 Å². The number of nitrogens with two attached hydrogens (primary N) is 2. The Bertz CT molecular complexity index is 639. The number of nitrogen functional groups attached to an aromatic ring is 1. The summed E-state index contributed by atoms with van der Waals surface area (Å²) < 4.78 is 5.73. The van der Waals surface area contributed by atoms with Gasteiger partial charge in [-0.3, -0.25) is 4.79 Å². The molecule has 0 aliphatic rings. The number of amides is 1. The quantitative estimate of drug-likeness (QED) is 0.835. The Hall–Kier alpha value is -2.69. The van der Waals surface area contributed by atoms with Crippen LogP contribution in [-0.2, 0) is 0 Å². The number of hydrogen-bond acceptors (Lipinski definition) is 4. The average Bonchev–Trinajstić information content (AvgIpc) is 2.38. The first kappa shape index (κ1) is 13.7. The standard InChI is InChI=1S/C15H17N3O2/c1-18(2)11-4-3-5-12(9-11)20-14-8-10(16)6-7-13(14)15(17)19/h3-9H,16H2,1-2H3,(H2,17,19). The monoisotopic (exact) mass is 271 g/mol. The van der Waals surface area contributed by atoms with Crippen molar-refractivity contribution < 1.29 is 9.53 Å². The predicted molar refractivity (Wildman–Crippen MR) is 80.2 cm³/mol. The number of primary amides is 1.